The highest BCUT2D eigenvalue weighted by molar-refractivity contribution is 7.71. The number of carboxylic acids is 1. The van der Waals surface area contributed by atoms with E-state index in [9.17, 15) is 4.79 Å². The molecule has 0 fully saturated rings. The van der Waals surface area contributed by atoms with Gasteiger partial charge in [-0.25, -0.2) is 4.79 Å². The number of hydrogen-bond donors (Lipinski definition) is 2. The highest BCUT2D eigenvalue weighted by atomic mass is 32.1. The summed E-state index contributed by atoms with van der Waals surface area (Å²) in [6.45, 7) is 0. The number of carbonyl (C=O) groups is 1. The smallest absolute Gasteiger partial charge is 0.337 e. The standard InChI is InChI=1S/C6H5NO2S/c8-6(9)4-1-2-5(10)7-3-4/h1-3H,(H,7,10)(H,8,9). The van der Waals surface area contributed by atoms with Crippen LogP contribution >= 0.6 is 12.2 Å². The van der Waals surface area contributed by atoms with Gasteiger partial charge in [-0.05, 0) is 12.1 Å². The number of H-pyrrole nitrogens is 1. The van der Waals surface area contributed by atoms with Crippen LogP contribution in [0.3, 0.4) is 0 Å². The van der Waals surface area contributed by atoms with Gasteiger partial charge in [0.25, 0.3) is 0 Å². The second kappa shape index (κ2) is 2.62. The molecule has 52 valence electrons. The van der Waals surface area contributed by atoms with E-state index in [1.54, 1.807) is 6.07 Å². The van der Waals surface area contributed by atoms with Crippen molar-refractivity contribution in [3.63, 3.8) is 0 Å². The van der Waals surface area contributed by atoms with Crippen molar-refractivity contribution >= 4 is 18.2 Å². The normalized spacial score (nSPS) is 9.20. The summed E-state index contributed by atoms with van der Waals surface area (Å²) in [6.07, 6.45) is 1.37. The number of aromatic amines is 1. The summed E-state index contributed by atoms with van der Waals surface area (Å²) in [6, 6.07) is 3.00. The minimum Gasteiger partial charge on any atom is -0.478 e. The molecule has 0 aliphatic carbocycles. The largest absolute Gasteiger partial charge is 0.478 e. The number of aromatic carboxylic acids is 1. The van der Waals surface area contributed by atoms with Crippen molar-refractivity contribution in [1.29, 1.82) is 0 Å². The minimum atomic E-state index is -0.953. The first-order valence-electron chi connectivity index (χ1n) is 2.62. The Bertz CT molecular complexity index is 284. The van der Waals surface area contributed by atoms with Gasteiger partial charge in [0.2, 0.25) is 0 Å². The lowest BCUT2D eigenvalue weighted by Crippen LogP contribution is -1.95. The third-order valence-electron chi connectivity index (χ3n) is 1.03. The summed E-state index contributed by atoms with van der Waals surface area (Å²) in [5.41, 5.74) is 0.216. The number of pyridine rings is 1. The Labute approximate surface area is 62.3 Å². The predicted molar refractivity (Wildman–Crippen MR) is 38.6 cm³/mol. The second-order valence-corrected chi connectivity index (χ2v) is 2.19. The quantitative estimate of drug-likeness (QED) is 0.603. The molecule has 0 saturated heterocycles. The topological polar surface area (TPSA) is 53.1 Å². The number of hydrogen-bond acceptors (Lipinski definition) is 2. The molecule has 0 unspecified atom stereocenters. The summed E-state index contributed by atoms with van der Waals surface area (Å²) < 4.78 is 0.532. The molecule has 1 heterocycles. The Morgan fingerprint density at radius 2 is 2.30 bits per heavy atom. The fourth-order valence-electron chi connectivity index (χ4n) is 0.544. The van der Waals surface area contributed by atoms with Gasteiger partial charge < -0.3 is 10.1 Å². The molecule has 3 nitrogen and oxygen atoms in total. The van der Waals surface area contributed by atoms with Crippen LogP contribution in [-0.4, -0.2) is 16.1 Å². The molecule has 0 aliphatic heterocycles. The van der Waals surface area contributed by atoms with Crippen LogP contribution in [0.5, 0.6) is 0 Å². The fourth-order valence-corrected chi connectivity index (χ4v) is 0.671. The van der Waals surface area contributed by atoms with E-state index >= 15 is 0 Å². The van der Waals surface area contributed by atoms with Crippen molar-refractivity contribution < 1.29 is 9.90 Å². The average molecular weight is 155 g/mol. The van der Waals surface area contributed by atoms with E-state index in [1.807, 2.05) is 0 Å². The number of nitrogens with one attached hydrogen (secondary N) is 1. The molecule has 10 heavy (non-hydrogen) atoms. The lowest BCUT2D eigenvalue weighted by molar-refractivity contribution is 0.0696. The maximum absolute atomic E-state index is 10.3. The van der Waals surface area contributed by atoms with Gasteiger partial charge in [0, 0.05) is 6.20 Å². The van der Waals surface area contributed by atoms with Crippen LogP contribution in [0.15, 0.2) is 18.3 Å². The Balaban J connectivity index is 3.12. The zero-order chi connectivity index (χ0) is 7.56. The lowest BCUT2D eigenvalue weighted by Gasteiger charge is -1.89. The SMILES string of the molecule is O=C(O)c1ccc(=S)[nH]c1. The van der Waals surface area contributed by atoms with E-state index in [1.165, 1.54) is 12.3 Å². The molecule has 2 N–H and O–H groups in total. The van der Waals surface area contributed by atoms with Crippen molar-refractivity contribution in [1.82, 2.24) is 4.98 Å². The average Bonchev–Trinajstić information content (AvgIpc) is 1.88. The highest BCUT2D eigenvalue weighted by Gasteiger charge is 1.98. The molecule has 0 amide bonds. The molecule has 4 heteroatoms. The van der Waals surface area contributed by atoms with Gasteiger partial charge in [-0.15, -0.1) is 0 Å². The van der Waals surface area contributed by atoms with Gasteiger partial charge in [-0.1, -0.05) is 12.2 Å². The van der Waals surface area contributed by atoms with E-state index in [2.05, 4.69) is 4.98 Å². The Morgan fingerprint density at radius 1 is 1.60 bits per heavy atom. The zero-order valence-corrected chi connectivity index (χ0v) is 5.81. The van der Waals surface area contributed by atoms with E-state index in [0.29, 0.717) is 4.64 Å². The van der Waals surface area contributed by atoms with Gasteiger partial charge in [0.15, 0.2) is 0 Å². The van der Waals surface area contributed by atoms with Crippen molar-refractivity contribution in [2.24, 2.45) is 0 Å². The first kappa shape index (κ1) is 6.95. The first-order chi connectivity index (χ1) is 4.70. The molecule has 0 atom stereocenters. The van der Waals surface area contributed by atoms with E-state index in [0.717, 1.165) is 0 Å². The van der Waals surface area contributed by atoms with Crippen LogP contribution in [0.4, 0.5) is 0 Å². The van der Waals surface area contributed by atoms with Crippen LogP contribution in [0.2, 0.25) is 0 Å². The van der Waals surface area contributed by atoms with E-state index in [-0.39, 0.29) is 5.56 Å². The third-order valence-corrected chi connectivity index (χ3v) is 1.29. The van der Waals surface area contributed by atoms with Crippen LogP contribution in [0.1, 0.15) is 10.4 Å². The van der Waals surface area contributed by atoms with Crippen LogP contribution in [-0.2, 0) is 0 Å². The summed E-state index contributed by atoms with van der Waals surface area (Å²) in [4.78, 5) is 12.9. The van der Waals surface area contributed by atoms with Crippen molar-refractivity contribution in [3.05, 3.63) is 28.5 Å². The van der Waals surface area contributed by atoms with Gasteiger partial charge in [-0.2, -0.15) is 0 Å². The maximum Gasteiger partial charge on any atom is 0.337 e. The first-order valence-corrected chi connectivity index (χ1v) is 3.03. The monoisotopic (exact) mass is 155 g/mol. The molecule has 0 aromatic carbocycles. The molecule has 1 aromatic rings. The fraction of sp³-hybridized carbons (Fsp3) is 0. The lowest BCUT2D eigenvalue weighted by atomic mass is 10.3. The predicted octanol–water partition coefficient (Wildman–Crippen LogP) is 1.44. The Morgan fingerprint density at radius 3 is 2.70 bits per heavy atom. The molecule has 1 aromatic heterocycles. The van der Waals surface area contributed by atoms with Gasteiger partial charge in [0.05, 0.1) is 5.56 Å². The molecule has 0 spiro atoms. The minimum absolute atomic E-state index is 0.216. The van der Waals surface area contributed by atoms with Gasteiger partial charge in [0.1, 0.15) is 4.64 Å². The Kier molecular flexibility index (Phi) is 1.82. The molecule has 0 radical (unpaired) electrons. The number of carboxylic acid groups (broad SMARTS) is 1. The second-order valence-electron chi connectivity index (χ2n) is 1.75. The van der Waals surface area contributed by atoms with Gasteiger partial charge in [-0.3, -0.25) is 0 Å². The summed E-state index contributed by atoms with van der Waals surface area (Å²) in [5.74, 6) is -0.953. The van der Waals surface area contributed by atoms with Crippen molar-refractivity contribution in [2.45, 2.75) is 0 Å². The van der Waals surface area contributed by atoms with Crippen LogP contribution in [0, 0.1) is 4.64 Å². The molecule has 0 aliphatic rings. The number of rotatable bonds is 1. The molecule has 0 bridgehead atoms. The molecular formula is C6H5NO2S. The Hall–Kier alpha value is -1.16. The van der Waals surface area contributed by atoms with E-state index < -0.39 is 5.97 Å². The third kappa shape index (κ3) is 1.41. The molecular weight excluding hydrogens is 150 g/mol. The van der Waals surface area contributed by atoms with E-state index in [4.69, 9.17) is 17.3 Å². The summed E-state index contributed by atoms with van der Waals surface area (Å²) >= 11 is 4.71. The van der Waals surface area contributed by atoms with Gasteiger partial charge >= 0.3 is 5.97 Å². The van der Waals surface area contributed by atoms with Crippen molar-refractivity contribution in [2.75, 3.05) is 0 Å². The molecule has 1 rings (SSSR count). The summed E-state index contributed by atoms with van der Waals surface area (Å²) in [7, 11) is 0. The zero-order valence-electron chi connectivity index (χ0n) is 5.00. The maximum atomic E-state index is 10.3. The van der Waals surface area contributed by atoms with Crippen LogP contribution < -0.4 is 0 Å². The molecule has 0 saturated carbocycles. The number of aromatic nitrogens is 1. The van der Waals surface area contributed by atoms with Crippen molar-refractivity contribution in [3.8, 4) is 0 Å². The van der Waals surface area contributed by atoms with Crippen LogP contribution in [0.25, 0.3) is 0 Å². The summed E-state index contributed by atoms with van der Waals surface area (Å²) in [5, 5.41) is 8.42. The highest BCUT2D eigenvalue weighted by Crippen LogP contribution is 1.95.